The molecule has 0 bridgehead atoms. The molecule has 0 N–H and O–H groups in total. The summed E-state index contributed by atoms with van der Waals surface area (Å²) in [6, 6.07) is 3.58. The molecule has 92 valence electrons. The minimum Gasteiger partial charge on any atom is -0.465 e. The number of carbonyl (C=O) groups excluding carboxylic acids is 2. The average Bonchev–Trinajstić information content (AvgIpc) is 2.28. The first-order valence-corrected chi connectivity index (χ1v) is 5.54. The van der Waals surface area contributed by atoms with Crippen molar-refractivity contribution in [2.45, 2.75) is 4.90 Å². The van der Waals surface area contributed by atoms with Gasteiger partial charge >= 0.3 is 5.97 Å². The molecule has 1 aromatic rings. The Morgan fingerprint density at radius 2 is 2.00 bits per heavy atom. The topological polar surface area (TPSA) is 46.6 Å². The summed E-state index contributed by atoms with van der Waals surface area (Å²) < 4.78 is 17.6. The number of benzene rings is 1. The highest BCUT2D eigenvalue weighted by atomic mass is 32.2. The molecule has 4 nitrogen and oxygen atoms in total. The van der Waals surface area contributed by atoms with Crippen molar-refractivity contribution in [2.75, 3.05) is 21.2 Å². The number of hydrogen-bond acceptors (Lipinski definition) is 4. The Hall–Kier alpha value is -1.56. The summed E-state index contributed by atoms with van der Waals surface area (Å²) in [5, 5.41) is -0.291. The lowest BCUT2D eigenvalue weighted by molar-refractivity contribution is 0.0596. The van der Waals surface area contributed by atoms with Crippen LogP contribution in [-0.4, -0.2) is 37.3 Å². The minimum absolute atomic E-state index is 0.175. The maximum absolute atomic E-state index is 13.1. The number of thioether (sulfide) groups is 1. The lowest BCUT2D eigenvalue weighted by atomic mass is 10.2. The van der Waals surface area contributed by atoms with E-state index in [0.29, 0.717) is 0 Å². The molecule has 0 aliphatic rings. The van der Waals surface area contributed by atoms with Crippen molar-refractivity contribution in [2.24, 2.45) is 0 Å². The molecule has 0 aliphatic carbocycles. The molecule has 0 aromatic heterocycles. The van der Waals surface area contributed by atoms with Crippen molar-refractivity contribution >= 4 is 23.0 Å². The van der Waals surface area contributed by atoms with Crippen LogP contribution in [0.1, 0.15) is 10.4 Å². The molecule has 0 heterocycles. The van der Waals surface area contributed by atoms with Crippen LogP contribution in [0.2, 0.25) is 0 Å². The van der Waals surface area contributed by atoms with Gasteiger partial charge in [-0.25, -0.2) is 9.18 Å². The van der Waals surface area contributed by atoms with E-state index in [9.17, 15) is 14.0 Å². The second kappa shape index (κ2) is 5.67. The highest BCUT2D eigenvalue weighted by Crippen LogP contribution is 2.26. The van der Waals surface area contributed by atoms with E-state index in [0.717, 1.165) is 23.9 Å². The van der Waals surface area contributed by atoms with Gasteiger partial charge in [0.05, 0.1) is 12.7 Å². The Balaban J connectivity index is 3.07. The highest BCUT2D eigenvalue weighted by molar-refractivity contribution is 8.13. The molecule has 6 heteroatoms. The fraction of sp³-hybridized carbons (Fsp3) is 0.273. The zero-order chi connectivity index (χ0) is 13.0. The monoisotopic (exact) mass is 257 g/mol. The molecule has 17 heavy (non-hydrogen) atoms. The number of esters is 1. The molecule has 1 aromatic carbocycles. The van der Waals surface area contributed by atoms with Crippen molar-refractivity contribution in [3.8, 4) is 0 Å². The van der Waals surface area contributed by atoms with Gasteiger partial charge in [-0.1, -0.05) is 0 Å². The van der Waals surface area contributed by atoms with Gasteiger partial charge in [0.2, 0.25) is 0 Å². The summed E-state index contributed by atoms with van der Waals surface area (Å²) in [4.78, 5) is 24.5. The first kappa shape index (κ1) is 13.5. The summed E-state index contributed by atoms with van der Waals surface area (Å²) in [6.45, 7) is 0. The standard InChI is InChI=1S/C11H12FNO3S/c1-13(2)11(15)17-9-6-7(12)4-5-8(9)10(14)16-3/h4-6H,1-3H3. The van der Waals surface area contributed by atoms with Crippen LogP contribution < -0.4 is 0 Å². The van der Waals surface area contributed by atoms with E-state index in [1.807, 2.05) is 0 Å². The van der Waals surface area contributed by atoms with Crippen LogP contribution in [0.25, 0.3) is 0 Å². The van der Waals surface area contributed by atoms with Crippen LogP contribution in [0, 0.1) is 5.82 Å². The number of nitrogens with zero attached hydrogens (tertiary/aromatic N) is 1. The van der Waals surface area contributed by atoms with E-state index in [4.69, 9.17) is 0 Å². The molecular formula is C11H12FNO3S. The summed E-state index contributed by atoms with van der Waals surface area (Å²) in [5.74, 6) is -1.11. The summed E-state index contributed by atoms with van der Waals surface area (Å²) in [6.07, 6.45) is 0. The van der Waals surface area contributed by atoms with E-state index in [1.54, 1.807) is 14.1 Å². The van der Waals surface area contributed by atoms with Crippen LogP contribution in [-0.2, 0) is 4.74 Å². The third kappa shape index (κ3) is 3.45. The quantitative estimate of drug-likeness (QED) is 0.603. The van der Waals surface area contributed by atoms with Crippen molar-refractivity contribution in [1.82, 2.24) is 4.90 Å². The molecule has 0 fully saturated rings. The zero-order valence-corrected chi connectivity index (χ0v) is 10.5. The number of rotatable bonds is 2. The molecular weight excluding hydrogens is 245 g/mol. The molecule has 0 saturated heterocycles. The van der Waals surface area contributed by atoms with Crippen molar-refractivity contribution in [3.63, 3.8) is 0 Å². The van der Waals surface area contributed by atoms with Gasteiger partial charge in [0.1, 0.15) is 5.82 Å². The Labute approximate surface area is 103 Å². The van der Waals surface area contributed by atoms with Gasteiger partial charge in [0.15, 0.2) is 0 Å². The van der Waals surface area contributed by atoms with E-state index in [1.165, 1.54) is 18.1 Å². The smallest absolute Gasteiger partial charge is 0.339 e. The van der Waals surface area contributed by atoms with Gasteiger partial charge in [0, 0.05) is 19.0 Å². The first-order valence-electron chi connectivity index (χ1n) is 4.72. The van der Waals surface area contributed by atoms with Crippen LogP contribution >= 0.6 is 11.8 Å². The Morgan fingerprint density at radius 3 is 2.53 bits per heavy atom. The first-order chi connectivity index (χ1) is 7.95. The lowest BCUT2D eigenvalue weighted by Crippen LogP contribution is -2.16. The van der Waals surface area contributed by atoms with Gasteiger partial charge in [0.25, 0.3) is 5.24 Å². The fourth-order valence-electron chi connectivity index (χ4n) is 1.04. The molecule has 0 radical (unpaired) electrons. The summed E-state index contributed by atoms with van der Waals surface area (Å²) >= 11 is 0.782. The van der Waals surface area contributed by atoms with Crippen LogP contribution in [0.15, 0.2) is 23.1 Å². The molecule has 0 spiro atoms. The van der Waals surface area contributed by atoms with E-state index >= 15 is 0 Å². The highest BCUT2D eigenvalue weighted by Gasteiger charge is 2.17. The van der Waals surface area contributed by atoms with Crippen molar-refractivity contribution in [1.29, 1.82) is 0 Å². The zero-order valence-electron chi connectivity index (χ0n) is 9.69. The van der Waals surface area contributed by atoms with Crippen molar-refractivity contribution in [3.05, 3.63) is 29.6 Å². The second-order valence-electron chi connectivity index (χ2n) is 3.39. The number of amides is 1. The molecule has 0 saturated carbocycles. The molecule has 0 aliphatic heterocycles. The van der Waals surface area contributed by atoms with Gasteiger partial charge in [-0.15, -0.1) is 0 Å². The largest absolute Gasteiger partial charge is 0.465 e. The van der Waals surface area contributed by atoms with Gasteiger partial charge < -0.3 is 9.64 Å². The van der Waals surface area contributed by atoms with Gasteiger partial charge in [-0.3, -0.25) is 4.79 Å². The number of ether oxygens (including phenoxy) is 1. The normalized spacial score (nSPS) is 9.88. The van der Waals surface area contributed by atoms with Crippen molar-refractivity contribution < 1.29 is 18.7 Å². The molecule has 1 rings (SSSR count). The Morgan fingerprint density at radius 1 is 1.35 bits per heavy atom. The molecule has 1 amide bonds. The summed E-state index contributed by atoms with van der Waals surface area (Å²) in [5.41, 5.74) is 0.175. The SMILES string of the molecule is COC(=O)c1ccc(F)cc1SC(=O)N(C)C. The second-order valence-corrected chi connectivity index (χ2v) is 4.39. The van der Waals surface area contributed by atoms with E-state index in [-0.39, 0.29) is 15.7 Å². The Bertz CT molecular complexity index is 448. The number of methoxy groups -OCH3 is 1. The number of hydrogen-bond donors (Lipinski definition) is 0. The average molecular weight is 257 g/mol. The van der Waals surface area contributed by atoms with Gasteiger partial charge in [-0.05, 0) is 30.0 Å². The third-order valence-corrected chi connectivity index (χ3v) is 3.01. The molecule has 0 atom stereocenters. The number of halogens is 1. The van der Waals surface area contributed by atoms with Crippen LogP contribution in [0.4, 0.5) is 9.18 Å². The van der Waals surface area contributed by atoms with E-state index < -0.39 is 11.8 Å². The fourth-order valence-corrected chi connectivity index (χ4v) is 1.85. The third-order valence-electron chi connectivity index (χ3n) is 1.91. The maximum Gasteiger partial charge on any atom is 0.339 e. The minimum atomic E-state index is -0.598. The molecule has 0 unspecified atom stereocenters. The van der Waals surface area contributed by atoms with Crippen LogP contribution in [0.3, 0.4) is 0 Å². The van der Waals surface area contributed by atoms with Gasteiger partial charge in [-0.2, -0.15) is 0 Å². The predicted octanol–water partition coefficient (Wildman–Crippen LogP) is 2.39. The number of carbonyl (C=O) groups is 2. The predicted molar refractivity (Wildman–Crippen MR) is 62.7 cm³/mol. The van der Waals surface area contributed by atoms with E-state index in [2.05, 4.69) is 4.74 Å². The lowest BCUT2D eigenvalue weighted by Gasteiger charge is -2.11. The van der Waals surface area contributed by atoms with Crippen LogP contribution in [0.5, 0.6) is 0 Å². The Kier molecular flexibility index (Phi) is 4.51. The maximum atomic E-state index is 13.1. The summed E-state index contributed by atoms with van der Waals surface area (Å²) in [7, 11) is 4.38.